The quantitative estimate of drug-likeness (QED) is 0.181. The smallest absolute Gasteiger partial charge is 0.206 e. The Hall–Kier alpha value is -7.39. The lowest BCUT2D eigenvalue weighted by Crippen LogP contribution is -1.98. The standard InChI is InChI=1S/C45H25N5/c1-48-40-26-45(50-42-15-6-2-11-35(42)36-12-3-7-16-43(36)50)38(25-33(40)28-47)31-20-18-30(19-21-31)32-9-8-10-34(24-32)49-41-14-5-4-13-37(41)39-23-29(27-46)17-22-44(39)49/h2-26H. The Bertz CT molecular complexity index is 2900. The van der Waals surface area contributed by atoms with Gasteiger partial charge in [0.15, 0.2) is 0 Å². The van der Waals surface area contributed by atoms with E-state index in [4.69, 9.17) is 6.57 Å². The van der Waals surface area contributed by atoms with Crippen molar-refractivity contribution in [1.29, 1.82) is 10.5 Å². The number of hydrogen-bond donors (Lipinski definition) is 0. The van der Waals surface area contributed by atoms with E-state index in [0.717, 1.165) is 77.2 Å². The third-order valence-corrected chi connectivity index (χ3v) is 9.61. The summed E-state index contributed by atoms with van der Waals surface area (Å²) in [6.07, 6.45) is 0. The normalized spacial score (nSPS) is 11.1. The lowest BCUT2D eigenvalue weighted by Gasteiger charge is -2.16. The van der Waals surface area contributed by atoms with Crippen LogP contribution in [0.1, 0.15) is 11.1 Å². The van der Waals surface area contributed by atoms with Crippen LogP contribution in [0.4, 0.5) is 5.69 Å². The Morgan fingerprint density at radius 1 is 0.480 bits per heavy atom. The highest BCUT2D eigenvalue weighted by molar-refractivity contribution is 6.11. The Labute approximate surface area is 288 Å². The maximum absolute atomic E-state index is 10.0. The summed E-state index contributed by atoms with van der Waals surface area (Å²) in [7, 11) is 0. The molecule has 0 saturated heterocycles. The van der Waals surface area contributed by atoms with Gasteiger partial charge in [-0.2, -0.15) is 10.5 Å². The minimum atomic E-state index is 0.329. The molecule has 50 heavy (non-hydrogen) atoms. The summed E-state index contributed by atoms with van der Waals surface area (Å²) in [6, 6.07) is 55.9. The number of aromatic nitrogens is 2. The van der Waals surface area contributed by atoms with Gasteiger partial charge in [-0.25, -0.2) is 4.85 Å². The number of fused-ring (bicyclic) bond motifs is 6. The molecule has 0 unspecified atom stereocenters. The van der Waals surface area contributed by atoms with E-state index >= 15 is 0 Å². The molecule has 0 bridgehead atoms. The molecule has 5 nitrogen and oxygen atoms in total. The van der Waals surface area contributed by atoms with Crippen LogP contribution in [0.2, 0.25) is 0 Å². The van der Waals surface area contributed by atoms with E-state index < -0.39 is 0 Å². The highest BCUT2D eigenvalue weighted by atomic mass is 15.0. The molecule has 5 heteroatoms. The van der Waals surface area contributed by atoms with E-state index in [9.17, 15) is 10.5 Å². The van der Waals surface area contributed by atoms with Crippen molar-refractivity contribution in [3.63, 3.8) is 0 Å². The van der Waals surface area contributed by atoms with Gasteiger partial charge in [-0.1, -0.05) is 91.0 Å². The molecule has 0 atom stereocenters. The summed E-state index contributed by atoms with van der Waals surface area (Å²) in [5.74, 6) is 0. The van der Waals surface area contributed by atoms with Crippen molar-refractivity contribution >= 4 is 49.3 Å². The number of para-hydroxylation sites is 3. The van der Waals surface area contributed by atoms with Crippen molar-refractivity contribution < 1.29 is 0 Å². The monoisotopic (exact) mass is 635 g/mol. The number of nitriles is 2. The number of hydrogen-bond acceptors (Lipinski definition) is 2. The first-order valence-corrected chi connectivity index (χ1v) is 16.3. The predicted octanol–water partition coefficient (Wildman–Crippen LogP) is 11.5. The van der Waals surface area contributed by atoms with Crippen molar-refractivity contribution in [2.24, 2.45) is 0 Å². The van der Waals surface area contributed by atoms with Gasteiger partial charge in [0, 0.05) is 38.5 Å². The summed E-state index contributed by atoms with van der Waals surface area (Å²) >= 11 is 0. The van der Waals surface area contributed by atoms with E-state index in [2.05, 4.69) is 111 Å². The van der Waals surface area contributed by atoms with Crippen LogP contribution in [0, 0.1) is 29.2 Å². The Morgan fingerprint density at radius 3 is 1.72 bits per heavy atom. The second-order valence-corrected chi connectivity index (χ2v) is 12.3. The Kier molecular flexibility index (Phi) is 6.56. The van der Waals surface area contributed by atoms with Crippen LogP contribution in [0.5, 0.6) is 0 Å². The second kappa shape index (κ2) is 11.4. The highest BCUT2D eigenvalue weighted by Crippen LogP contribution is 2.40. The van der Waals surface area contributed by atoms with E-state index in [-0.39, 0.29) is 0 Å². The van der Waals surface area contributed by atoms with Crippen molar-refractivity contribution in [3.05, 3.63) is 174 Å². The molecule has 0 spiro atoms. The van der Waals surface area contributed by atoms with E-state index in [0.29, 0.717) is 16.8 Å². The molecular formula is C45H25N5. The number of rotatable bonds is 4. The predicted molar refractivity (Wildman–Crippen MR) is 202 cm³/mol. The topological polar surface area (TPSA) is 61.8 Å². The highest BCUT2D eigenvalue weighted by Gasteiger charge is 2.19. The van der Waals surface area contributed by atoms with Crippen molar-refractivity contribution in [2.75, 3.05) is 0 Å². The lowest BCUT2D eigenvalue weighted by atomic mass is 9.96. The van der Waals surface area contributed by atoms with Gasteiger partial charge in [-0.3, -0.25) is 0 Å². The minimum absolute atomic E-state index is 0.329. The summed E-state index contributed by atoms with van der Waals surface area (Å²) in [5.41, 5.74) is 11.4. The van der Waals surface area contributed by atoms with Gasteiger partial charge in [0.05, 0.1) is 51.9 Å². The van der Waals surface area contributed by atoms with Gasteiger partial charge in [0.25, 0.3) is 0 Å². The molecular weight excluding hydrogens is 611 g/mol. The van der Waals surface area contributed by atoms with Gasteiger partial charge < -0.3 is 9.13 Å². The van der Waals surface area contributed by atoms with Gasteiger partial charge >= 0.3 is 0 Å². The number of nitrogens with zero attached hydrogens (tertiary/aromatic N) is 5. The summed E-state index contributed by atoms with van der Waals surface area (Å²) in [4.78, 5) is 3.73. The average molecular weight is 636 g/mol. The molecule has 0 amide bonds. The van der Waals surface area contributed by atoms with E-state index in [1.807, 2.05) is 66.7 Å². The van der Waals surface area contributed by atoms with Crippen LogP contribution in [0.3, 0.4) is 0 Å². The summed E-state index contributed by atoms with van der Waals surface area (Å²) in [6.45, 7) is 7.86. The SMILES string of the molecule is [C-]#[N+]c1cc(-n2c3ccccc3c3ccccc32)c(-c2ccc(-c3cccc(-n4c5ccccc5c5cc(C#N)ccc54)c3)cc2)cc1C#N. The third kappa shape index (κ3) is 4.38. The Balaban J connectivity index is 1.18. The molecule has 2 heterocycles. The molecule has 0 N–H and O–H groups in total. The molecule has 0 aliphatic carbocycles. The molecule has 230 valence electrons. The molecule has 9 rings (SSSR count). The molecule has 9 aromatic rings. The average Bonchev–Trinajstić information content (AvgIpc) is 3.70. The number of benzene rings is 7. The van der Waals surface area contributed by atoms with Crippen molar-refractivity contribution in [2.45, 2.75) is 0 Å². The third-order valence-electron chi connectivity index (χ3n) is 9.61. The van der Waals surface area contributed by atoms with E-state index in [1.165, 1.54) is 0 Å². The zero-order valence-corrected chi connectivity index (χ0v) is 26.7. The molecule has 0 saturated carbocycles. The first-order chi connectivity index (χ1) is 24.7. The van der Waals surface area contributed by atoms with Crippen LogP contribution in [-0.2, 0) is 0 Å². The van der Waals surface area contributed by atoms with Gasteiger partial charge in [0.2, 0.25) is 5.69 Å². The van der Waals surface area contributed by atoms with Gasteiger partial charge in [-0.05, 0) is 77.4 Å². The van der Waals surface area contributed by atoms with Crippen LogP contribution in [0.15, 0.2) is 152 Å². The first-order valence-electron chi connectivity index (χ1n) is 16.3. The van der Waals surface area contributed by atoms with Crippen molar-refractivity contribution in [3.8, 4) is 45.8 Å². The van der Waals surface area contributed by atoms with Crippen LogP contribution < -0.4 is 0 Å². The molecule has 0 aliphatic rings. The summed E-state index contributed by atoms with van der Waals surface area (Å²) in [5, 5.41) is 24.0. The largest absolute Gasteiger partial charge is 0.310 e. The fraction of sp³-hybridized carbons (Fsp3) is 0. The molecule has 7 aromatic carbocycles. The molecule has 0 aliphatic heterocycles. The zero-order valence-electron chi connectivity index (χ0n) is 26.7. The maximum atomic E-state index is 10.0. The van der Waals surface area contributed by atoms with Crippen LogP contribution >= 0.6 is 0 Å². The fourth-order valence-corrected chi connectivity index (χ4v) is 7.34. The minimum Gasteiger partial charge on any atom is -0.310 e. The zero-order chi connectivity index (χ0) is 33.8. The van der Waals surface area contributed by atoms with Gasteiger partial charge in [-0.15, -0.1) is 0 Å². The van der Waals surface area contributed by atoms with Crippen LogP contribution in [0.25, 0.3) is 82.1 Å². The van der Waals surface area contributed by atoms with Crippen LogP contribution in [-0.4, -0.2) is 9.13 Å². The fourth-order valence-electron chi connectivity index (χ4n) is 7.34. The molecule has 0 fully saturated rings. The maximum Gasteiger partial charge on any atom is 0.206 e. The van der Waals surface area contributed by atoms with Crippen molar-refractivity contribution in [1.82, 2.24) is 9.13 Å². The van der Waals surface area contributed by atoms with Gasteiger partial charge in [0.1, 0.15) is 0 Å². The lowest BCUT2D eigenvalue weighted by molar-refractivity contribution is 1.18. The summed E-state index contributed by atoms with van der Waals surface area (Å²) < 4.78 is 4.46. The second-order valence-electron chi connectivity index (χ2n) is 12.3. The molecule has 0 radical (unpaired) electrons. The molecule has 2 aromatic heterocycles. The Morgan fingerprint density at radius 2 is 1.08 bits per heavy atom. The first kappa shape index (κ1) is 28.8. The van der Waals surface area contributed by atoms with E-state index in [1.54, 1.807) is 0 Å².